The summed E-state index contributed by atoms with van der Waals surface area (Å²) < 4.78 is 13.2. The minimum Gasteiger partial charge on any atom is -0.355 e. The lowest BCUT2D eigenvalue weighted by molar-refractivity contribution is -0.121. The van der Waals surface area contributed by atoms with E-state index in [4.69, 9.17) is 0 Å². The molecule has 0 fully saturated rings. The number of nitrogens with one attached hydrogen (secondary N) is 1. The number of hydrogen-bond donors (Lipinski definition) is 1. The molecule has 0 bridgehead atoms. The predicted octanol–water partition coefficient (Wildman–Crippen LogP) is 2.42. The van der Waals surface area contributed by atoms with Crippen molar-refractivity contribution in [3.05, 3.63) is 65.7 Å². The van der Waals surface area contributed by atoms with Crippen molar-refractivity contribution in [1.82, 2.24) is 15.2 Å². The molecule has 0 spiro atoms. The van der Waals surface area contributed by atoms with E-state index in [2.05, 4.69) is 15.2 Å². The van der Waals surface area contributed by atoms with Crippen LogP contribution in [0.15, 0.2) is 48.7 Å². The Morgan fingerprint density at radius 3 is 2.57 bits per heavy atom. The van der Waals surface area contributed by atoms with E-state index in [1.807, 2.05) is 26.2 Å². The molecule has 1 N–H and O–H groups in total. The average Bonchev–Trinajstić information content (AvgIpc) is 2.54. The van der Waals surface area contributed by atoms with E-state index in [0.29, 0.717) is 12.2 Å². The van der Waals surface area contributed by atoms with Crippen LogP contribution in [-0.4, -0.2) is 43.0 Å². The lowest BCUT2D eigenvalue weighted by Crippen LogP contribution is -2.32. The fraction of sp³-hybridized carbons (Fsp3) is 0.333. The molecule has 1 aromatic carbocycles. The molecule has 1 amide bonds. The van der Waals surface area contributed by atoms with Crippen LogP contribution < -0.4 is 5.32 Å². The van der Waals surface area contributed by atoms with Crippen LogP contribution in [0.25, 0.3) is 0 Å². The van der Waals surface area contributed by atoms with Gasteiger partial charge in [-0.2, -0.15) is 0 Å². The van der Waals surface area contributed by atoms with Crippen LogP contribution in [0.4, 0.5) is 4.39 Å². The number of halogens is 1. The molecule has 0 radical (unpaired) electrons. The molecule has 122 valence electrons. The van der Waals surface area contributed by atoms with Crippen molar-refractivity contribution in [3.8, 4) is 0 Å². The van der Waals surface area contributed by atoms with Crippen LogP contribution in [0.1, 0.15) is 23.6 Å². The molecule has 0 aliphatic rings. The zero-order valence-corrected chi connectivity index (χ0v) is 13.5. The lowest BCUT2D eigenvalue weighted by Gasteiger charge is -2.17. The van der Waals surface area contributed by atoms with Gasteiger partial charge in [0.2, 0.25) is 5.91 Å². The highest BCUT2D eigenvalue weighted by Gasteiger charge is 2.23. The maximum absolute atomic E-state index is 13.2. The van der Waals surface area contributed by atoms with Gasteiger partial charge in [-0.1, -0.05) is 18.2 Å². The second-order valence-electron chi connectivity index (χ2n) is 5.69. The van der Waals surface area contributed by atoms with Gasteiger partial charge in [-0.05, 0) is 56.9 Å². The Hall–Kier alpha value is -2.27. The first-order valence-electron chi connectivity index (χ1n) is 7.67. The average molecular weight is 315 g/mol. The summed E-state index contributed by atoms with van der Waals surface area (Å²) in [7, 11) is 3.99. The Morgan fingerprint density at radius 1 is 1.22 bits per heavy atom. The van der Waals surface area contributed by atoms with Gasteiger partial charge in [-0.15, -0.1) is 0 Å². The highest BCUT2D eigenvalue weighted by Crippen LogP contribution is 2.23. The highest BCUT2D eigenvalue weighted by atomic mass is 19.1. The van der Waals surface area contributed by atoms with E-state index in [0.717, 1.165) is 18.5 Å². The molecular weight excluding hydrogens is 293 g/mol. The van der Waals surface area contributed by atoms with Gasteiger partial charge in [0.1, 0.15) is 11.7 Å². The molecular formula is C18H22FN3O. The van der Waals surface area contributed by atoms with Crippen molar-refractivity contribution >= 4 is 5.91 Å². The molecule has 0 aliphatic heterocycles. The largest absolute Gasteiger partial charge is 0.355 e. The number of benzene rings is 1. The molecule has 23 heavy (non-hydrogen) atoms. The normalized spacial score (nSPS) is 12.2. The minimum absolute atomic E-state index is 0.117. The maximum Gasteiger partial charge on any atom is 0.233 e. The molecule has 0 saturated heterocycles. The SMILES string of the molecule is CN(C)CCCNC(=O)C(c1ccc(F)cc1)c1ccccn1. The first kappa shape index (κ1) is 17.1. The molecule has 1 unspecified atom stereocenters. The fourth-order valence-corrected chi connectivity index (χ4v) is 2.37. The van der Waals surface area contributed by atoms with Gasteiger partial charge in [-0.3, -0.25) is 9.78 Å². The summed E-state index contributed by atoms with van der Waals surface area (Å²) in [5.41, 5.74) is 1.39. The summed E-state index contributed by atoms with van der Waals surface area (Å²) in [5, 5.41) is 2.95. The van der Waals surface area contributed by atoms with Crippen molar-refractivity contribution in [2.24, 2.45) is 0 Å². The van der Waals surface area contributed by atoms with Gasteiger partial charge in [-0.25, -0.2) is 4.39 Å². The van der Waals surface area contributed by atoms with Crippen molar-refractivity contribution in [1.29, 1.82) is 0 Å². The number of carbonyl (C=O) groups is 1. The minimum atomic E-state index is -0.531. The third-order valence-electron chi connectivity index (χ3n) is 3.53. The number of aromatic nitrogens is 1. The van der Waals surface area contributed by atoms with Gasteiger partial charge < -0.3 is 10.2 Å². The van der Waals surface area contributed by atoms with Crippen molar-refractivity contribution in [3.63, 3.8) is 0 Å². The summed E-state index contributed by atoms with van der Waals surface area (Å²) in [4.78, 5) is 19.0. The Kier molecular flexibility index (Phi) is 6.23. The molecule has 2 rings (SSSR count). The van der Waals surface area contributed by atoms with Crippen LogP contribution in [-0.2, 0) is 4.79 Å². The molecule has 1 aromatic heterocycles. The van der Waals surface area contributed by atoms with Crippen LogP contribution in [0.2, 0.25) is 0 Å². The number of carbonyl (C=O) groups excluding carboxylic acids is 1. The zero-order valence-electron chi connectivity index (χ0n) is 13.5. The van der Waals surface area contributed by atoms with E-state index < -0.39 is 5.92 Å². The predicted molar refractivity (Wildman–Crippen MR) is 88.7 cm³/mol. The molecule has 1 heterocycles. The first-order chi connectivity index (χ1) is 11.1. The Labute approximate surface area is 136 Å². The van der Waals surface area contributed by atoms with Gasteiger partial charge in [0.05, 0.1) is 5.69 Å². The molecule has 4 nitrogen and oxygen atoms in total. The zero-order chi connectivity index (χ0) is 16.7. The summed E-state index contributed by atoms with van der Waals surface area (Å²) in [6, 6.07) is 11.5. The van der Waals surface area contributed by atoms with E-state index >= 15 is 0 Å². The van der Waals surface area contributed by atoms with E-state index in [9.17, 15) is 9.18 Å². The second-order valence-corrected chi connectivity index (χ2v) is 5.69. The van der Waals surface area contributed by atoms with Crippen LogP contribution in [0.3, 0.4) is 0 Å². The van der Waals surface area contributed by atoms with Gasteiger partial charge in [0, 0.05) is 12.7 Å². The maximum atomic E-state index is 13.2. The standard InChI is InChI=1S/C18H22FN3O/c1-22(2)13-5-12-21-18(23)17(16-6-3-4-11-20-16)14-7-9-15(19)10-8-14/h3-4,6-11,17H,5,12-13H2,1-2H3,(H,21,23). The van der Waals surface area contributed by atoms with E-state index in [-0.39, 0.29) is 11.7 Å². The van der Waals surface area contributed by atoms with Gasteiger partial charge in [0.15, 0.2) is 0 Å². The van der Waals surface area contributed by atoms with Crippen LogP contribution in [0, 0.1) is 5.82 Å². The lowest BCUT2D eigenvalue weighted by atomic mass is 9.94. The highest BCUT2D eigenvalue weighted by molar-refractivity contribution is 5.86. The van der Waals surface area contributed by atoms with E-state index in [1.165, 1.54) is 12.1 Å². The molecule has 1 atom stereocenters. The molecule has 2 aromatic rings. The number of hydrogen-bond acceptors (Lipinski definition) is 3. The van der Waals surface area contributed by atoms with Crippen LogP contribution >= 0.6 is 0 Å². The summed E-state index contributed by atoms with van der Waals surface area (Å²) in [6.45, 7) is 1.51. The topological polar surface area (TPSA) is 45.2 Å². The summed E-state index contributed by atoms with van der Waals surface area (Å²) in [5.74, 6) is -0.967. The molecule has 0 saturated carbocycles. The summed E-state index contributed by atoms with van der Waals surface area (Å²) >= 11 is 0. The van der Waals surface area contributed by atoms with Gasteiger partial charge in [0.25, 0.3) is 0 Å². The smallest absolute Gasteiger partial charge is 0.233 e. The quantitative estimate of drug-likeness (QED) is 0.798. The summed E-state index contributed by atoms with van der Waals surface area (Å²) in [6.07, 6.45) is 2.53. The Morgan fingerprint density at radius 2 is 1.96 bits per heavy atom. The van der Waals surface area contributed by atoms with Crippen LogP contribution in [0.5, 0.6) is 0 Å². The third-order valence-corrected chi connectivity index (χ3v) is 3.53. The monoisotopic (exact) mass is 315 g/mol. The van der Waals surface area contributed by atoms with Crippen molar-refractivity contribution < 1.29 is 9.18 Å². The third kappa shape index (κ3) is 5.14. The number of amides is 1. The Balaban J connectivity index is 2.14. The number of nitrogens with zero attached hydrogens (tertiary/aromatic N) is 2. The fourth-order valence-electron chi connectivity index (χ4n) is 2.37. The number of pyridine rings is 1. The van der Waals surface area contributed by atoms with Crippen molar-refractivity contribution in [2.45, 2.75) is 12.3 Å². The molecule has 5 heteroatoms. The number of rotatable bonds is 7. The van der Waals surface area contributed by atoms with E-state index in [1.54, 1.807) is 24.4 Å². The molecule has 0 aliphatic carbocycles. The van der Waals surface area contributed by atoms with Crippen molar-refractivity contribution in [2.75, 3.05) is 27.2 Å². The Bertz CT molecular complexity index is 614. The second kappa shape index (κ2) is 8.39. The van der Waals surface area contributed by atoms with Gasteiger partial charge >= 0.3 is 0 Å². The first-order valence-corrected chi connectivity index (χ1v) is 7.67.